The third kappa shape index (κ3) is 4.37. The zero-order valence-electron chi connectivity index (χ0n) is 15.2. The molecule has 0 N–H and O–H groups in total. The third-order valence-corrected chi connectivity index (χ3v) is 4.98. The molecule has 3 rings (SSSR count). The van der Waals surface area contributed by atoms with E-state index in [2.05, 4.69) is 6.58 Å². The van der Waals surface area contributed by atoms with Crippen LogP contribution in [0.1, 0.15) is 6.92 Å². The van der Waals surface area contributed by atoms with Crippen LogP contribution < -0.4 is 10.2 Å². The van der Waals surface area contributed by atoms with E-state index in [4.69, 9.17) is 14.2 Å². The fourth-order valence-corrected chi connectivity index (χ4v) is 3.62. The number of ether oxygens (including phenoxy) is 3. The molecule has 7 heteroatoms. The maximum absolute atomic E-state index is 12.8. The van der Waals surface area contributed by atoms with E-state index in [1.807, 2.05) is 24.3 Å². The highest BCUT2D eigenvalue weighted by Crippen LogP contribution is 2.30. The van der Waals surface area contributed by atoms with Crippen molar-refractivity contribution in [3.8, 4) is 5.75 Å². The van der Waals surface area contributed by atoms with Gasteiger partial charge >= 0.3 is 11.9 Å². The molecule has 28 heavy (non-hydrogen) atoms. The van der Waals surface area contributed by atoms with Gasteiger partial charge in [0, 0.05) is 20.4 Å². The average molecular weight is 398 g/mol. The summed E-state index contributed by atoms with van der Waals surface area (Å²) in [4.78, 5) is 35.9. The minimum atomic E-state index is -0.625. The summed E-state index contributed by atoms with van der Waals surface area (Å²) in [5, 5.41) is 1.05. The van der Waals surface area contributed by atoms with Crippen LogP contribution in [-0.2, 0) is 19.1 Å². The number of hydrogen-bond donors (Lipinski definition) is 0. The maximum atomic E-state index is 12.8. The summed E-state index contributed by atoms with van der Waals surface area (Å²) in [6.45, 7) is 4.48. The Bertz CT molecular complexity index is 1110. The lowest BCUT2D eigenvalue weighted by atomic mass is 10.1. The number of hydrogen-bond acceptors (Lipinski definition) is 7. The van der Waals surface area contributed by atoms with Crippen molar-refractivity contribution in [1.82, 2.24) is 0 Å². The van der Waals surface area contributed by atoms with E-state index in [1.54, 1.807) is 18.2 Å². The fraction of sp³-hybridized carbons (Fsp3) is 0.190. The van der Waals surface area contributed by atoms with Crippen LogP contribution in [0.4, 0.5) is 0 Å². The van der Waals surface area contributed by atoms with E-state index >= 15 is 0 Å². The minimum absolute atomic E-state index is 0.0654. The van der Waals surface area contributed by atoms with Gasteiger partial charge in [0.1, 0.15) is 19.0 Å². The normalized spacial score (nSPS) is 10.6. The van der Waals surface area contributed by atoms with Gasteiger partial charge in [0.25, 0.3) is 0 Å². The van der Waals surface area contributed by atoms with E-state index in [-0.39, 0.29) is 30.8 Å². The second-order valence-corrected chi connectivity index (χ2v) is 7.07. The number of carbonyl (C=O) groups excluding carboxylic acids is 2. The van der Waals surface area contributed by atoms with Crippen LogP contribution in [0.15, 0.2) is 59.4 Å². The molecule has 0 aliphatic carbocycles. The van der Waals surface area contributed by atoms with Gasteiger partial charge in [-0.2, -0.15) is 0 Å². The molecule has 0 saturated heterocycles. The summed E-state index contributed by atoms with van der Waals surface area (Å²) in [7, 11) is 0. The van der Waals surface area contributed by atoms with Gasteiger partial charge in [-0.05, 0) is 31.2 Å². The molecule has 1 aromatic heterocycles. The molecule has 0 atom stereocenters. The first-order valence-corrected chi connectivity index (χ1v) is 9.34. The van der Waals surface area contributed by atoms with E-state index < -0.39 is 11.9 Å². The predicted octanol–water partition coefficient (Wildman–Crippen LogP) is 3.46. The Morgan fingerprint density at radius 2 is 1.71 bits per heavy atom. The molecule has 2 aromatic carbocycles. The summed E-state index contributed by atoms with van der Waals surface area (Å²) in [5.74, 6) is -0.838. The Morgan fingerprint density at radius 3 is 2.50 bits per heavy atom. The summed E-state index contributed by atoms with van der Waals surface area (Å²) >= 11 is 1.48. The standard InChI is InChI=1S/C21H18O6S/c1-13(2)21(24)26-11-10-25-18(22)12-27-15-7-5-9-17-19(15)20(23)14-6-3-4-8-16(14)28-17/h3-9H,1,10-12H2,2H3. The summed E-state index contributed by atoms with van der Waals surface area (Å²) in [5.41, 5.74) is 0.132. The molecule has 3 aromatic rings. The van der Waals surface area contributed by atoms with Crippen LogP contribution in [0.25, 0.3) is 20.2 Å². The monoisotopic (exact) mass is 398 g/mol. The fourth-order valence-electron chi connectivity index (χ4n) is 2.53. The maximum Gasteiger partial charge on any atom is 0.344 e. The highest BCUT2D eigenvalue weighted by Gasteiger charge is 2.13. The highest BCUT2D eigenvalue weighted by molar-refractivity contribution is 7.24. The van der Waals surface area contributed by atoms with Gasteiger partial charge in [-0.15, -0.1) is 11.3 Å². The largest absolute Gasteiger partial charge is 0.481 e. The molecule has 144 valence electrons. The minimum Gasteiger partial charge on any atom is -0.481 e. The van der Waals surface area contributed by atoms with Gasteiger partial charge in [0.15, 0.2) is 12.0 Å². The molecule has 0 radical (unpaired) electrons. The SMILES string of the molecule is C=C(C)C(=O)OCCOC(=O)COc1cccc2sc3ccccc3c(=O)c12. The number of benzene rings is 2. The molecule has 0 amide bonds. The van der Waals surface area contributed by atoms with Crippen LogP contribution in [0, 0.1) is 0 Å². The summed E-state index contributed by atoms with van der Waals surface area (Å²) in [6.07, 6.45) is 0. The Kier molecular flexibility index (Phi) is 6.06. The molecule has 0 saturated carbocycles. The molecule has 1 heterocycles. The van der Waals surface area contributed by atoms with Crippen molar-refractivity contribution in [2.24, 2.45) is 0 Å². The number of esters is 2. The van der Waals surface area contributed by atoms with E-state index in [1.165, 1.54) is 18.3 Å². The van der Waals surface area contributed by atoms with Gasteiger partial charge in [0.05, 0.1) is 5.39 Å². The second-order valence-electron chi connectivity index (χ2n) is 5.98. The van der Waals surface area contributed by atoms with Gasteiger partial charge in [-0.3, -0.25) is 4.79 Å². The lowest BCUT2D eigenvalue weighted by Gasteiger charge is -2.10. The zero-order chi connectivity index (χ0) is 20.1. The van der Waals surface area contributed by atoms with Crippen LogP contribution in [-0.4, -0.2) is 31.8 Å². The van der Waals surface area contributed by atoms with E-state index in [0.717, 1.165) is 9.40 Å². The number of carbonyl (C=O) groups is 2. The van der Waals surface area contributed by atoms with Crippen molar-refractivity contribution in [1.29, 1.82) is 0 Å². The zero-order valence-corrected chi connectivity index (χ0v) is 16.0. The van der Waals surface area contributed by atoms with Gasteiger partial charge in [0.2, 0.25) is 0 Å². The van der Waals surface area contributed by atoms with Gasteiger partial charge in [-0.25, -0.2) is 9.59 Å². The molecule has 0 unspecified atom stereocenters. The Balaban J connectivity index is 1.67. The van der Waals surface area contributed by atoms with Crippen molar-refractivity contribution >= 4 is 43.4 Å². The molecule has 0 aliphatic rings. The topological polar surface area (TPSA) is 78.9 Å². The first kappa shape index (κ1) is 19.6. The average Bonchev–Trinajstić information content (AvgIpc) is 2.69. The first-order chi connectivity index (χ1) is 13.5. The first-order valence-electron chi connectivity index (χ1n) is 8.53. The molecule has 6 nitrogen and oxygen atoms in total. The van der Waals surface area contributed by atoms with E-state index in [0.29, 0.717) is 16.5 Å². The van der Waals surface area contributed by atoms with Crippen LogP contribution in [0.3, 0.4) is 0 Å². The highest BCUT2D eigenvalue weighted by atomic mass is 32.1. The quantitative estimate of drug-likeness (QED) is 0.262. The van der Waals surface area contributed by atoms with Crippen LogP contribution in [0.5, 0.6) is 5.75 Å². The molecular formula is C21H18O6S. The summed E-state index contributed by atoms with van der Waals surface area (Å²) in [6, 6.07) is 12.6. The molecule has 0 bridgehead atoms. The molecule has 0 fully saturated rings. The molecule has 0 aliphatic heterocycles. The van der Waals surface area contributed by atoms with Gasteiger partial charge in [-0.1, -0.05) is 24.8 Å². The predicted molar refractivity (Wildman–Crippen MR) is 108 cm³/mol. The van der Waals surface area contributed by atoms with Crippen LogP contribution >= 0.6 is 11.3 Å². The lowest BCUT2D eigenvalue weighted by Crippen LogP contribution is -2.19. The Labute approximate surface area is 165 Å². The van der Waals surface area contributed by atoms with Crippen molar-refractivity contribution < 1.29 is 23.8 Å². The van der Waals surface area contributed by atoms with Gasteiger partial charge < -0.3 is 14.2 Å². The number of rotatable bonds is 7. The number of fused-ring (bicyclic) bond motifs is 2. The third-order valence-electron chi connectivity index (χ3n) is 3.84. The molecular weight excluding hydrogens is 380 g/mol. The van der Waals surface area contributed by atoms with Crippen molar-refractivity contribution in [2.75, 3.05) is 19.8 Å². The Hall–Kier alpha value is -3.19. The van der Waals surface area contributed by atoms with E-state index in [9.17, 15) is 14.4 Å². The second kappa shape index (κ2) is 8.67. The Morgan fingerprint density at radius 1 is 1.00 bits per heavy atom. The van der Waals surface area contributed by atoms with Crippen molar-refractivity contribution in [3.63, 3.8) is 0 Å². The smallest absolute Gasteiger partial charge is 0.344 e. The lowest BCUT2D eigenvalue weighted by molar-refractivity contribution is -0.151. The molecule has 0 spiro atoms. The van der Waals surface area contributed by atoms with Crippen molar-refractivity contribution in [2.45, 2.75) is 6.92 Å². The van der Waals surface area contributed by atoms with Crippen LogP contribution in [0.2, 0.25) is 0 Å². The van der Waals surface area contributed by atoms with Crippen molar-refractivity contribution in [3.05, 3.63) is 64.8 Å². The summed E-state index contributed by atoms with van der Waals surface area (Å²) < 4.78 is 17.0.